The van der Waals surface area contributed by atoms with Gasteiger partial charge in [0.25, 0.3) is 0 Å². The van der Waals surface area contributed by atoms with Crippen LogP contribution in [0.15, 0.2) is 24.3 Å². The minimum Gasteiger partial charge on any atom is -0.396 e. The molecule has 0 amide bonds. The monoisotopic (exact) mass is 170 g/mol. The summed E-state index contributed by atoms with van der Waals surface area (Å²) < 4.78 is 0. The Kier molecular flexibility index (Phi) is 4.86. The molecule has 0 saturated heterocycles. The van der Waals surface area contributed by atoms with Crippen LogP contribution >= 0.6 is 0 Å². The van der Waals surface area contributed by atoms with Gasteiger partial charge in [-0.15, -0.1) is 0 Å². The Hall–Kier alpha value is -0.600. The number of aliphatic hydroxyl groups excluding tert-OH is 2. The molecule has 0 bridgehead atoms. The summed E-state index contributed by atoms with van der Waals surface area (Å²) in [5.41, 5.74) is 1.63. The third-order valence-corrected chi connectivity index (χ3v) is 1.99. The first kappa shape index (κ1) is 11.4. The molecule has 0 heterocycles. The average molecular weight is 170 g/mol. The van der Waals surface area contributed by atoms with E-state index in [9.17, 15) is 5.11 Å². The number of hydrogen-bond donors (Lipinski definition) is 2. The van der Waals surface area contributed by atoms with Crippen LogP contribution < -0.4 is 0 Å². The van der Waals surface area contributed by atoms with E-state index in [1.54, 1.807) is 6.92 Å². The second-order valence-electron chi connectivity index (χ2n) is 3.32. The quantitative estimate of drug-likeness (QED) is 0.614. The molecule has 2 atom stereocenters. The molecule has 2 N–H and O–H groups in total. The predicted molar refractivity (Wildman–Crippen MR) is 50.8 cm³/mol. The molecule has 0 rings (SSSR count). The topological polar surface area (TPSA) is 40.5 Å². The zero-order valence-electron chi connectivity index (χ0n) is 7.88. The number of aliphatic hydroxyl groups is 2. The van der Waals surface area contributed by atoms with E-state index in [2.05, 4.69) is 13.2 Å². The van der Waals surface area contributed by atoms with Crippen LogP contribution in [-0.4, -0.2) is 22.9 Å². The summed E-state index contributed by atoms with van der Waals surface area (Å²) in [6.07, 6.45) is -0.0138. The fourth-order valence-electron chi connectivity index (χ4n) is 0.902. The van der Waals surface area contributed by atoms with Gasteiger partial charge >= 0.3 is 0 Å². The molecule has 0 saturated carbocycles. The summed E-state index contributed by atoms with van der Waals surface area (Å²) in [7, 11) is 0. The zero-order valence-corrected chi connectivity index (χ0v) is 7.88. The van der Waals surface area contributed by atoms with Crippen molar-refractivity contribution >= 4 is 0 Å². The van der Waals surface area contributed by atoms with Crippen LogP contribution in [0.3, 0.4) is 0 Å². The molecule has 12 heavy (non-hydrogen) atoms. The van der Waals surface area contributed by atoms with Crippen molar-refractivity contribution in [1.29, 1.82) is 0 Å². The zero-order chi connectivity index (χ0) is 9.72. The molecule has 0 aliphatic heterocycles. The summed E-state index contributed by atoms with van der Waals surface area (Å²) in [5.74, 6) is -0.0169. The first-order chi connectivity index (χ1) is 5.49. The molecule has 0 spiro atoms. The third kappa shape index (κ3) is 3.69. The predicted octanol–water partition coefficient (Wildman–Crippen LogP) is 1.50. The molecule has 0 aliphatic carbocycles. The fraction of sp³-hybridized carbons (Fsp3) is 0.600. The summed E-state index contributed by atoms with van der Waals surface area (Å²) in [6, 6.07) is 0. The van der Waals surface area contributed by atoms with Crippen LogP contribution in [0.4, 0.5) is 0 Å². The highest BCUT2D eigenvalue weighted by Crippen LogP contribution is 2.17. The lowest BCUT2D eigenvalue weighted by atomic mass is 9.94. The van der Waals surface area contributed by atoms with Crippen molar-refractivity contribution < 1.29 is 10.2 Å². The van der Waals surface area contributed by atoms with E-state index in [-0.39, 0.29) is 12.5 Å². The Labute approximate surface area is 74.2 Å². The Balaban J connectivity index is 4.02. The van der Waals surface area contributed by atoms with E-state index >= 15 is 0 Å². The molecule has 0 unspecified atom stereocenters. The smallest absolute Gasteiger partial charge is 0.0751 e. The maximum absolute atomic E-state index is 9.43. The standard InChI is InChI=1S/C10H18O2/c1-7(2)9(6-11)5-10(12)8(3)4/h9-12H,1,3,5-6H2,2,4H3/t9-,10+/m0/s1. The van der Waals surface area contributed by atoms with Gasteiger partial charge in [0.05, 0.1) is 6.10 Å². The first-order valence-corrected chi connectivity index (χ1v) is 4.08. The third-order valence-electron chi connectivity index (χ3n) is 1.99. The summed E-state index contributed by atoms with van der Waals surface area (Å²) in [6.45, 7) is 11.0. The average Bonchev–Trinajstić information content (AvgIpc) is 1.98. The van der Waals surface area contributed by atoms with Crippen molar-refractivity contribution in [3.05, 3.63) is 24.3 Å². The van der Waals surface area contributed by atoms with E-state index in [0.29, 0.717) is 6.42 Å². The SMILES string of the molecule is C=C(C)[C@H](CO)C[C@@H](O)C(=C)C. The summed E-state index contributed by atoms with van der Waals surface area (Å²) >= 11 is 0. The minimum atomic E-state index is -0.529. The van der Waals surface area contributed by atoms with Gasteiger partial charge in [0.1, 0.15) is 0 Å². The van der Waals surface area contributed by atoms with Crippen molar-refractivity contribution in [3.63, 3.8) is 0 Å². The van der Waals surface area contributed by atoms with Gasteiger partial charge in [0.2, 0.25) is 0 Å². The van der Waals surface area contributed by atoms with Crippen LogP contribution in [0, 0.1) is 5.92 Å². The van der Waals surface area contributed by atoms with Gasteiger partial charge in [-0.3, -0.25) is 0 Å². The van der Waals surface area contributed by atoms with E-state index < -0.39 is 6.10 Å². The highest BCUT2D eigenvalue weighted by molar-refractivity contribution is 5.03. The van der Waals surface area contributed by atoms with Gasteiger partial charge in [-0.2, -0.15) is 0 Å². The van der Waals surface area contributed by atoms with Crippen molar-refractivity contribution in [2.45, 2.75) is 26.4 Å². The highest BCUT2D eigenvalue weighted by atomic mass is 16.3. The normalized spacial score (nSPS) is 15.3. The van der Waals surface area contributed by atoms with E-state index in [1.165, 1.54) is 0 Å². The van der Waals surface area contributed by atoms with Crippen molar-refractivity contribution in [3.8, 4) is 0 Å². The van der Waals surface area contributed by atoms with E-state index in [4.69, 9.17) is 5.11 Å². The Morgan fingerprint density at radius 3 is 2.00 bits per heavy atom. The Morgan fingerprint density at radius 2 is 1.75 bits per heavy atom. The number of rotatable bonds is 5. The van der Waals surface area contributed by atoms with Crippen molar-refractivity contribution in [2.75, 3.05) is 6.61 Å². The van der Waals surface area contributed by atoms with Crippen LogP contribution in [0.5, 0.6) is 0 Å². The maximum Gasteiger partial charge on any atom is 0.0751 e. The minimum absolute atomic E-state index is 0.0169. The number of hydrogen-bond acceptors (Lipinski definition) is 2. The second kappa shape index (κ2) is 5.12. The second-order valence-corrected chi connectivity index (χ2v) is 3.32. The van der Waals surface area contributed by atoms with Crippen LogP contribution in [0.2, 0.25) is 0 Å². The van der Waals surface area contributed by atoms with Crippen LogP contribution in [-0.2, 0) is 0 Å². The molecule has 0 radical (unpaired) electrons. The Morgan fingerprint density at radius 1 is 1.25 bits per heavy atom. The van der Waals surface area contributed by atoms with Gasteiger partial charge in [0, 0.05) is 12.5 Å². The molecular weight excluding hydrogens is 152 g/mol. The molecule has 0 aromatic rings. The van der Waals surface area contributed by atoms with Gasteiger partial charge in [-0.05, 0) is 20.3 Å². The van der Waals surface area contributed by atoms with Crippen LogP contribution in [0.25, 0.3) is 0 Å². The van der Waals surface area contributed by atoms with Crippen molar-refractivity contribution in [1.82, 2.24) is 0 Å². The van der Waals surface area contributed by atoms with Gasteiger partial charge in [-0.1, -0.05) is 24.3 Å². The van der Waals surface area contributed by atoms with Gasteiger partial charge in [-0.25, -0.2) is 0 Å². The lowest BCUT2D eigenvalue weighted by Crippen LogP contribution is -2.17. The molecule has 0 fully saturated rings. The molecule has 2 heteroatoms. The van der Waals surface area contributed by atoms with Gasteiger partial charge in [0.15, 0.2) is 0 Å². The Bertz CT molecular complexity index is 173. The summed E-state index contributed by atoms with van der Waals surface area (Å²) in [4.78, 5) is 0. The molecule has 0 aliphatic rings. The summed E-state index contributed by atoms with van der Waals surface area (Å²) in [5, 5.41) is 18.4. The maximum atomic E-state index is 9.43. The lowest BCUT2D eigenvalue weighted by Gasteiger charge is -2.18. The van der Waals surface area contributed by atoms with E-state index in [1.807, 2.05) is 6.92 Å². The molecular formula is C10H18O2. The molecule has 2 nitrogen and oxygen atoms in total. The van der Waals surface area contributed by atoms with Gasteiger partial charge < -0.3 is 10.2 Å². The van der Waals surface area contributed by atoms with E-state index in [0.717, 1.165) is 11.1 Å². The van der Waals surface area contributed by atoms with Crippen LogP contribution in [0.1, 0.15) is 20.3 Å². The largest absolute Gasteiger partial charge is 0.396 e. The lowest BCUT2D eigenvalue weighted by molar-refractivity contribution is 0.153. The molecule has 0 aromatic carbocycles. The molecule has 70 valence electrons. The first-order valence-electron chi connectivity index (χ1n) is 4.08. The van der Waals surface area contributed by atoms with Crippen molar-refractivity contribution in [2.24, 2.45) is 5.92 Å². The molecule has 0 aromatic heterocycles. The fourth-order valence-corrected chi connectivity index (χ4v) is 0.902. The highest BCUT2D eigenvalue weighted by Gasteiger charge is 2.14.